The number of fused-ring (bicyclic) bond motifs is 7. The van der Waals surface area contributed by atoms with E-state index in [4.69, 9.17) is 19.2 Å². The molecule has 3 aliphatic carbocycles. The molecule has 0 unspecified atom stereocenters. The normalized spacial score (nSPS) is 30.9. The summed E-state index contributed by atoms with van der Waals surface area (Å²) in [6.07, 6.45) is 3.30. The third-order valence-electron chi connectivity index (χ3n) is 11.4. The van der Waals surface area contributed by atoms with Gasteiger partial charge in [0.2, 0.25) is 0 Å². The smallest absolute Gasteiger partial charge is 0.251 e. The number of aldehydes is 1. The lowest BCUT2D eigenvalue weighted by atomic mass is 9.41. The van der Waals surface area contributed by atoms with E-state index in [1.54, 1.807) is 0 Å². The molecule has 2 aromatic heterocycles. The van der Waals surface area contributed by atoms with Crippen LogP contribution in [-0.2, 0) is 42.9 Å². The third kappa shape index (κ3) is 5.07. The Kier molecular flexibility index (Phi) is 8.27. The van der Waals surface area contributed by atoms with E-state index in [1.807, 2.05) is 54.5 Å². The summed E-state index contributed by atoms with van der Waals surface area (Å²) in [6, 6.07) is 9.82. The zero-order valence-corrected chi connectivity index (χ0v) is 29.3. The SMILES string of the molecule is CC(C)OC1(OC(C)C)CC[C@]2(C)[C@@]3(C)c4[nH]c5ccccc5c4C[C@@H]3C[C@H](OCc3cc(=O)[nH]c(C(C)(C)C)n3)[C@@]2(O)/C1=C/C=O. The van der Waals surface area contributed by atoms with Crippen LogP contribution in [0.3, 0.4) is 0 Å². The molecular formula is C38H51N3O6. The van der Waals surface area contributed by atoms with Gasteiger partial charge in [-0.1, -0.05) is 52.8 Å². The van der Waals surface area contributed by atoms with Gasteiger partial charge in [-0.15, -0.1) is 0 Å². The maximum atomic E-state index is 13.7. The summed E-state index contributed by atoms with van der Waals surface area (Å²) in [4.78, 5) is 36.6. The second-order valence-electron chi connectivity index (χ2n) is 15.9. The summed E-state index contributed by atoms with van der Waals surface area (Å²) in [5, 5.41) is 14.9. The maximum absolute atomic E-state index is 13.7. The van der Waals surface area contributed by atoms with E-state index in [-0.39, 0.29) is 35.7 Å². The molecule has 5 atom stereocenters. The Bertz CT molecular complexity index is 1750. The van der Waals surface area contributed by atoms with Crippen molar-refractivity contribution in [3.8, 4) is 0 Å². The molecule has 0 spiro atoms. The molecule has 3 aromatic rings. The number of hydrogen-bond acceptors (Lipinski definition) is 7. The zero-order valence-electron chi connectivity index (χ0n) is 29.3. The molecule has 2 fully saturated rings. The van der Waals surface area contributed by atoms with Crippen LogP contribution in [0.25, 0.3) is 10.9 Å². The van der Waals surface area contributed by atoms with Gasteiger partial charge in [-0.3, -0.25) is 9.59 Å². The van der Waals surface area contributed by atoms with Crippen LogP contribution in [0.5, 0.6) is 0 Å². The number of aromatic nitrogens is 3. The molecule has 9 nitrogen and oxygen atoms in total. The first-order valence-corrected chi connectivity index (χ1v) is 17.1. The number of nitrogens with zero attached hydrogens (tertiary/aromatic N) is 1. The molecule has 3 aliphatic rings. The number of rotatable bonds is 8. The van der Waals surface area contributed by atoms with Crippen LogP contribution in [0.4, 0.5) is 0 Å². The summed E-state index contributed by atoms with van der Waals surface area (Å²) < 4.78 is 20.0. The Balaban J connectivity index is 1.53. The zero-order chi connectivity index (χ0) is 34.2. The monoisotopic (exact) mass is 645 g/mol. The van der Waals surface area contributed by atoms with E-state index in [0.717, 1.165) is 23.9 Å². The largest absolute Gasteiger partial charge is 0.382 e. The number of allylic oxidation sites excluding steroid dienone is 1. The topological polar surface area (TPSA) is 127 Å². The van der Waals surface area contributed by atoms with Gasteiger partial charge in [-0.25, -0.2) is 4.98 Å². The number of carbonyl (C=O) groups excluding carboxylic acids is 1. The van der Waals surface area contributed by atoms with Gasteiger partial charge in [-0.2, -0.15) is 0 Å². The second kappa shape index (κ2) is 11.5. The molecule has 0 bridgehead atoms. The lowest BCUT2D eigenvalue weighted by molar-refractivity contribution is -0.314. The lowest BCUT2D eigenvalue weighted by Gasteiger charge is -2.67. The Labute approximate surface area is 277 Å². The van der Waals surface area contributed by atoms with E-state index in [1.165, 1.54) is 23.1 Å². The highest BCUT2D eigenvalue weighted by atomic mass is 16.7. The van der Waals surface area contributed by atoms with Crippen LogP contribution in [0.1, 0.15) is 104 Å². The highest BCUT2D eigenvalue weighted by Gasteiger charge is 2.75. The number of hydrogen-bond donors (Lipinski definition) is 3. The molecule has 0 saturated heterocycles. The summed E-state index contributed by atoms with van der Waals surface area (Å²) in [5.74, 6) is -0.632. The molecular weight excluding hydrogens is 594 g/mol. The number of benzene rings is 1. The average molecular weight is 646 g/mol. The van der Waals surface area contributed by atoms with Crippen molar-refractivity contribution in [1.29, 1.82) is 0 Å². The van der Waals surface area contributed by atoms with E-state index in [9.17, 15) is 14.7 Å². The van der Waals surface area contributed by atoms with Crippen molar-refractivity contribution >= 4 is 17.2 Å². The number of carbonyl (C=O) groups is 1. The van der Waals surface area contributed by atoms with Gasteiger partial charge in [0.05, 0.1) is 30.6 Å². The van der Waals surface area contributed by atoms with E-state index in [0.29, 0.717) is 36.4 Å². The minimum absolute atomic E-state index is 0.0190. The predicted octanol–water partition coefficient (Wildman–Crippen LogP) is 6.17. The number of aliphatic hydroxyl groups is 1. The lowest BCUT2D eigenvalue weighted by Crippen LogP contribution is -2.75. The molecule has 3 N–H and O–H groups in total. The van der Waals surface area contributed by atoms with Crippen molar-refractivity contribution < 1.29 is 24.1 Å². The van der Waals surface area contributed by atoms with Crippen molar-refractivity contribution in [3.63, 3.8) is 0 Å². The van der Waals surface area contributed by atoms with E-state index < -0.39 is 28.3 Å². The van der Waals surface area contributed by atoms with Crippen molar-refractivity contribution in [2.24, 2.45) is 11.3 Å². The molecule has 254 valence electrons. The van der Waals surface area contributed by atoms with Gasteiger partial charge in [0.1, 0.15) is 17.7 Å². The van der Waals surface area contributed by atoms with Crippen molar-refractivity contribution in [1.82, 2.24) is 15.0 Å². The average Bonchev–Trinajstić information content (AvgIpc) is 3.48. The molecule has 0 aliphatic heterocycles. The summed E-state index contributed by atoms with van der Waals surface area (Å²) >= 11 is 0. The molecule has 2 heterocycles. The van der Waals surface area contributed by atoms with Crippen LogP contribution in [-0.4, -0.2) is 56.0 Å². The first-order valence-electron chi connectivity index (χ1n) is 17.1. The van der Waals surface area contributed by atoms with Crippen LogP contribution >= 0.6 is 0 Å². The van der Waals surface area contributed by atoms with Crippen LogP contribution < -0.4 is 5.56 Å². The molecule has 1 aromatic carbocycles. The van der Waals surface area contributed by atoms with Crippen molar-refractivity contribution in [2.45, 2.75) is 135 Å². The quantitative estimate of drug-likeness (QED) is 0.152. The number of para-hydroxylation sites is 1. The standard InChI is InChI=1S/C38H51N3O6/c1-22(2)46-37(47-23(3)4)16-15-35(8)36(9)24(18-27-26-12-10-11-13-28(26)40-32(27)36)19-30(38(35,44)29(37)14-17-42)45-21-25-20-31(43)41-33(39-25)34(5,6)7/h10-14,17,20,22-24,30,40,44H,15-16,18-19,21H2,1-9H3,(H,39,41,43)/b29-14+/t24-,30+,35-,36-,38+/m1/s1. The Morgan fingerprint density at radius 2 is 1.74 bits per heavy atom. The number of ether oxygens (including phenoxy) is 3. The minimum Gasteiger partial charge on any atom is -0.382 e. The number of nitrogens with one attached hydrogen (secondary N) is 2. The van der Waals surface area contributed by atoms with Gasteiger partial charge in [0.25, 0.3) is 5.56 Å². The molecule has 9 heteroatoms. The van der Waals surface area contributed by atoms with Gasteiger partial charge in [0, 0.05) is 50.9 Å². The molecule has 6 rings (SSSR count). The maximum Gasteiger partial charge on any atom is 0.251 e. The molecule has 2 saturated carbocycles. The van der Waals surface area contributed by atoms with Gasteiger partial charge < -0.3 is 29.3 Å². The highest BCUT2D eigenvalue weighted by Crippen LogP contribution is 2.71. The van der Waals surface area contributed by atoms with Gasteiger partial charge in [-0.05, 0) is 70.6 Å². The first-order chi connectivity index (χ1) is 22.0. The summed E-state index contributed by atoms with van der Waals surface area (Å²) in [5.41, 5.74) is 0.755. The van der Waals surface area contributed by atoms with Gasteiger partial charge in [0.15, 0.2) is 5.79 Å². The Morgan fingerprint density at radius 1 is 1.06 bits per heavy atom. The fourth-order valence-corrected chi connectivity index (χ4v) is 9.16. The molecule has 47 heavy (non-hydrogen) atoms. The predicted molar refractivity (Wildman–Crippen MR) is 181 cm³/mol. The second-order valence-corrected chi connectivity index (χ2v) is 15.9. The van der Waals surface area contributed by atoms with E-state index >= 15 is 0 Å². The summed E-state index contributed by atoms with van der Waals surface area (Å²) in [6.45, 7) is 18.2. The first kappa shape index (κ1) is 33.8. The van der Waals surface area contributed by atoms with Crippen LogP contribution in [0.2, 0.25) is 0 Å². The molecule has 0 radical (unpaired) electrons. The number of H-pyrrole nitrogens is 2. The van der Waals surface area contributed by atoms with Crippen LogP contribution in [0, 0.1) is 11.3 Å². The minimum atomic E-state index is -1.69. The fraction of sp³-hybridized carbons (Fsp3) is 0.605. The third-order valence-corrected chi connectivity index (χ3v) is 11.4. The summed E-state index contributed by atoms with van der Waals surface area (Å²) in [7, 11) is 0. The Hall–Kier alpha value is -3.11. The fourth-order valence-electron chi connectivity index (χ4n) is 9.16. The van der Waals surface area contributed by atoms with Crippen molar-refractivity contribution in [2.75, 3.05) is 0 Å². The van der Waals surface area contributed by atoms with Gasteiger partial charge >= 0.3 is 0 Å². The highest BCUT2D eigenvalue weighted by molar-refractivity contribution is 5.86. The number of aromatic amines is 2. The molecule has 0 amide bonds. The van der Waals surface area contributed by atoms with Crippen LogP contribution in [0.15, 0.2) is 46.8 Å². The van der Waals surface area contributed by atoms with E-state index in [2.05, 4.69) is 42.0 Å². The van der Waals surface area contributed by atoms with Crippen molar-refractivity contribution in [3.05, 3.63) is 75.1 Å². The Morgan fingerprint density at radius 3 is 2.38 bits per heavy atom.